The predicted molar refractivity (Wildman–Crippen MR) is 144 cm³/mol. The SMILES string of the molecule is C=CC(=O)N1CCN(c2nc(OC[C@@H]3CCCN3C)nc3c2COC(c2c(F)c(N)cc(C)c2C(F)(F)F)C3)CC1. The summed E-state index contributed by atoms with van der Waals surface area (Å²) >= 11 is 0. The summed E-state index contributed by atoms with van der Waals surface area (Å²) in [6, 6.07) is 1.28. The van der Waals surface area contributed by atoms with Gasteiger partial charge in [0.2, 0.25) is 5.91 Å². The Morgan fingerprint density at radius 3 is 2.61 bits per heavy atom. The number of hydrogen-bond acceptors (Lipinski definition) is 8. The topological polar surface area (TPSA) is 97.0 Å². The van der Waals surface area contributed by atoms with Crippen molar-refractivity contribution in [2.45, 2.75) is 51.1 Å². The Balaban J connectivity index is 1.49. The first-order valence-corrected chi connectivity index (χ1v) is 13.6. The van der Waals surface area contributed by atoms with E-state index in [1.165, 1.54) is 13.0 Å². The number of ether oxygens (including phenoxy) is 2. The van der Waals surface area contributed by atoms with E-state index in [1.807, 2.05) is 11.9 Å². The van der Waals surface area contributed by atoms with E-state index < -0.39 is 29.2 Å². The van der Waals surface area contributed by atoms with Crippen LogP contribution in [0.2, 0.25) is 0 Å². The second kappa shape index (κ2) is 11.4. The Hall–Kier alpha value is -3.45. The third-order valence-electron chi connectivity index (χ3n) is 8.13. The maximum absolute atomic E-state index is 15.2. The zero-order chi connectivity index (χ0) is 29.5. The van der Waals surface area contributed by atoms with Crippen LogP contribution in [0.5, 0.6) is 6.01 Å². The monoisotopic (exact) mass is 578 g/mol. The summed E-state index contributed by atoms with van der Waals surface area (Å²) < 4.78 is 69.4. The quantitative estimate of drug-likeness (QED) is 0.315. The fourth-order valence-electron chi connectivity index (χ4n) is 5.90. The van der Waals surface area contributed by atoms with Crippen LogP contribution < -0.4 is 15.4 Å². The highest BCUT2D eigenvalue weighted by atomic mass is 19.4. The molecule has 9 nitrogen and oxygen atoms in total. The molecule has 0 bridgehead atoms. The molecule has 3 aliphatic rings. The highest BCUT2D eigenvalue weighted by molar-refractivity contribution is 5.87. The van der Waals surface area contributed by atoms with Crippen LogP contribution in [-0.4, -0.2) is 78.1 Å². The number of aromatic nitrogens is 2. The van der Waals surface area contributed by atoms with Crippen LogP contribution in [0.15, 0.2) is 18.7 Å². The lowest BCUT2D eigenvalue weighted by atomic mass is 9.91. The van der Waals surface area contributed by atoms with E-state index >= 15 is 4.39 Å². The van der Waals surface area contributed by atoms with Crippen LogP contribution in [0.25, 0.3) is 0 Å². The average molecular weight is 579 g/mol. The third-order valence-corrected chi connectivity index (χ3v) is 8.13. The van der Waals surface area contributed by atoms with Crippen molar-refractivity contribution in [3.63, 3.8) is 0 Å². The number of likely N-dealkylation sites (tertiary alicyclic amines) is 1. The molecule has 0 spiro atoms. The average Bonchev–Trinajstić information content (AvgIpc) is 3.36. The number of alkyl halides is 3. The van der Waals surface area contributed by atoms with Crippen molar-refractivity contribution in [2.75, 3.05) is 57.0 Å². The molecule has 3 aliphatic heterocycles. The van der Waals surface area contributed by atoms with E-state index in [9.17, 15) is 18.0 Å². The molecule has 0 radical (unpaired) electrons. The van der Waals surface area contributed by atoms with E-state index in [4.69, 9.17) is 15.2 Å². The van der Waals surface area contributed by atoms with Crippen LogP contribution in [-0.2, 0) is 28.7 Å². The van der Waals surface area contributed by atoms with Gasteiger partial charge in [0, 0.05) is 49.8 Å². The van der Waals surface area contributed by atoms with Gasteiger partial charge in [-0.1, -0.05) is 6.58 Å². The van der Waals surface area contributed by atoms with E-state index in [0.29, 0.717) is 49.9 Å². The zero-order valence-corrected chi connectivity index (χ0v) is 23.1. The number of piperazine rings is 1. The molecule has 1 amide bonds. The number of benzene rings is 1. The number of likely N-dealkylation sites (N-methyl/N-ethyl adjacent to an activating group) is 1. The normalized spacial score (nSPS) is 21.6. The van der Waals surface area contributed by atoms with Gasteiger partial charge < -0.3 is 29.9 Å². The molecule has 1 aromatic carbocycles. The summed E-state index contributed by atoms with van der Waals surface area (Å²) in [7, 11) is 2.02. The molecule has 4 heterocycles. The lowest BCUT2D eigenvalue weighted by Crippen LogP contribution is -2.49. The van der Waals surface area contributed by atoms with E-state index in [-0.39, 0.29) is 42.2 Å². The number of carbonyl (C=O) groups excluding carboxylic acids is 1. The number of fused-ring (bicyclic) bond motifs is 1. The van der Waals surface area contributed by atoms with Crippen molar-refractivity contribution in [3.05, 3.63) is 52.5 Å². The van der Waals surface area contributed by atoms with Crippen molar-refractivity contribution >= 4 is 17.4 Å². The van der Waals surface area contributed by atoms with Gasteiger partial charge in [0.15, 0.2) is 5.82 Å². The summed E-state index contributed by atoms with van der Waals surface area (Å²) in [6.45, 7) is 7.82. The van der Waals surface area contributed by atoms with Gasteiger partial charge in [-0.2, -0.15) is 23.1 Å². The van der Waals surface area contributed by atoms with Gasteiger partial charge in [0.25, 0.3) is 0 Å². The first kappa shape index (κ1) is 29.1. The molecular weight excluding hydrogens is 544 g/mol. The predicted octanol–water partition coefficient (Wildman–Crippen LogP) is 3.65. The molecule has 41 heavy (non-hydrogen) atoms. The maximum Gasteiger partial charge on any atom is 0.417 e. The number of amides is 1. The molecule has 5 rings (SSSR count). The van der Waals surface area contributed by atoms with Crippen molar-refractivity contribution in [1.29, 1.82) is 0 Å². The van der Waals surface area contributed by atoms with Crippen LogP contribution in [0, 0.1) is 12.7 Å². The summed E-state index contributed by atoms with van der Waals surface area (Å²) in [6.07, 6.45) is -2.90. The van der Waals surface area contributed by atoms with E-state index in [1.54, 1.807) is 4.90 Å². The number of nitrogens with two attached hydrogens (primary N) is 1. The van der Waals surface area contributed by atoms with Gasteiger partial charge in [-0.05, 0) is 51.1 Å². The molecule has 2 saturated heterocycles. The highest BCUT2D eigenvalue weighted by Crippen LogP contribution is 2.44. The summed E-state index contributed by atoms with van der Waals surface area (Å²) in [4.78, 5) is 27.2. The van der Waals surface area contributed by atoms with E-state index in [0.717, 1.165) is 25.5 Å². The maximum atomic E-state index is 15.2. The van der Waals surface area contributed by atoms with Gasteiger partial charge in [0.1, 0.15) is 12.4 Å². The largest absolute Gasteiger partial charge is 0.462 e. The number of carbonyl (C=O) groups is 1. The number of aryl methyl sites for hydroxylation is 1. The number of rotatable bonds is 6. The minimum atomic E-state index is -4.81. The molecule has 222 valence electrons. The van der Waals surface area contributed by atoms with Crippen molar-refractivity contribution in [2.24, 2.45) is 0 Å². The molecule has 2 fully saturated rings. The number of anilines is 2. The van der Waals surface area contributed by atoms with Crippen LogP contribution in [0.1, 0.15) is 46.9 Å². The van der Waals surface area contributed by atoms with Gasteiger partial charge in [-0.25, -0.2) is 4.39 Å². The van der Waals surface area contributed by atoms with Gasteiger partial charge in [0.05, 0.1) is 29.7 Å². The molecule has 2 atom stereocenters. The first-order chi connectivity index (χ1) is 19.5. The summed E-state index contributed by atoms with van der Waals surface area (Å²) in [5, 5.41) is 0. The fraction of sp³-hybridized carbons (Fsp3) is 0.536. The Morgan fingerprint density at radius 2 is 1.98 bits per heavy atom. The fourth-order valence-corrected chi connectivity index (χ4v) is 5.90. The third kappa shape index (κ3) is 5.82. The minimum absolute atomic E-state index is 0.101. The number of nitrogens with zero attached hydrogens (tertiary/aromatic N) is 5. The lowest BCUT2D eigenvalue weighted by molar-refractivity contribution is -0.140. The highest BCUT2D eigenvalue weighted by Gasteiger charge is 2.41. The Bertz CT molecular complexity index is 1330. The second-order valence-electron chi connectivity index (χ2n) is 10.7. The molecule has 2 aromatic rings. The number of nitrogen functional groups attached to an aromatic ring is 1. The van der Waals surface area contributed by atoms with Crippen LogP contribution in [0.4, 0.5) is 29.1 Å². The smallest absolute Gasteiger partial charge is 0.417 e. The van der Waals surface area contributed by atoms with Crippen LogP contribution >= 0.6 is 0 Å². The molecule has 0 saturated carbocycles. The Kier molecular flexibility index (Phi) is 8.11. The molecule has 0 aliphatic carbocycles. The molecule has 1 aromatic heterocycles. The minimum Gasteiger partial charge on any atom is -0.462 e. The van der Waals surface area contributed by atoms with E-state index in [2.05, 4.69) is 21.4 Å². The molecule has 13 heteroatoms. The summed E-state index contributed by atoms with van der Waals surface area (Å²) in [5.74, 6) is -0.770. The Morgan fingerprint density at radius 1 is 1.24 bits per heavy atom. The molecule has 1 unspecified atom stereocenters. The van der Waals surface area contributed by atoms with Gasteiger partial charge >= 0.3 is 12.2 Å². The lowest BCUT2D eigenvalue weighted by Gasteiger charge is -2.37. The Labute approximate surface area is 235 Å². The standard InChI is InChI=1S/C28H34F4N6O3/c1-4-22(39)37-8-10-38(11-9-37)26-18-15-40-21(23-24(28(30,31)32)16(2)12-19(33)25(23)29)13-20(18)34-27(35-26)41-14-17-6-5-7-36(17)3/h4,12,17,21H,1,5-11,13-15,33H2,2-3H3/t17-,21?/m0/s1. The second-order valence-corrected chi connectivity index (χ2v) is 10.7. The van der Waals surface area contributed by atoms with Gasteiger partial charge in [-0.3, -0.25) is 4.79 Å². The molecule has 2 N–H and O–H groups in total. The van der Waals surface area contributed by atoms with Crippen molar-refractivity contribution in [3.8, 4) is 6.01 Å². The number of hydrogen-bond donors (Lipinski definition) is 1. The van der Waals surface area contributed by atoms with Gasteiger partial charge in [-0.15, -0.1) is 0 Å². The summed E-state index contributed by atoms with van der Waals surface area (Å²) in [5.41, 5.74) is 4.52. The first-order valence-electron chi connectivity index (χ1n) is 13.6. The van der Waals surface area contributed by atoms with Crippen molar-refractivity contribution in [1.82, 2.24) is 19.8 Å². The molecular formula is C28H34F4N6O3. The van der Waals surface area contributed by atoms with Crippen LogP contribution in [0.3, 0.4) is 0 Å². The van der Waals surface area contributed by atoms with Crippen molar-refractivity contribution < 1.29 is 31.8 Å². The number of halogens is 4. The zero-order valence-electron chi connectivity index (χ0n) is 23.1.